The minimum Gasteiger partial charge on any atom is -0.367 e. The summed E-state index contributed by atoms with van der Waals surface area (Å²) >= 11 is 1.52. The number of ether oxygens (including phenoxy) is 1. The summed E-state index contributed by atoms with van der Waals surface area (Å²) in [5.74, 6) is -0.242. The van der Waals surface area contributed by atoms with Gasteiger partial charge in [-0.1, -0.05) is 29.5 Å². The fourth-order valence-corrected chi connectivity index (χ4v) is 3.74. The first-order chi connectivity index (χ1) is 12.2. The van der Waals surface area contributed by atoms with Gasteiger partial charge in [-0.05, 0) is 36.8 Å². The molecule has 1 aliphatic rings. The number of morpholine rings is 1. The highest BCUT2D eigenvalue weighted by Crippen LogP contribution is 2.32. The summed E-state index contributed by atoms with van der Waals surface area (Å²) < 4.78 is 19.2. The van der Waals surface area contributed by atoms with E-state index >= 15 is 0 Å². The maximum absolute atomic E-state index is 13.2. The second kappa shape index (κ2) is 6.85. The van der Waals surface area contributed by atoms with E-state index < -0.39 is 0 Å². The second-order valence-electron chi connectivity index (χ2n) is 6.00. The van der Waals surface area contributed by atoms with Crippen molar-refractivity contribution in [2.75, 3.05) is 18.0 Å². The second-order valence-corrected chi connectivity index (χ2v) is 6.95. The smallest absolute Gasteiger partial charge is 0.208 e. The summed E-state index contributed by atoms with van der Waals surface area (Å²) in [5, 5.41) is 10.3. The third kappa shape index (κ3) is 3.52. The van der Waals surface area contributed by atoms with Crippen LogP contribution >= 0.6 is 11.3 Å². The number of hydrogen-bond acceptors (Lipinski definition) is 6. The summed E-state index contributed by atoms with van der Waals surface area (Å²) in [6.07, 6.45) is 1.68. The fourth-order valence-electron chi connectivity index (χ4n) is 2.91. The lowest BCUT2D eigenvalue weighted by Gasteiger charge is -2.36. The van der Waals surface area contributed by atoms with Crippen LogP contribution in [0, 0.1) is 5.82 Å². The Morgan fingerprint density at radius 3 is 2.72 bits per heavy atom. The number of anilines is 1. The predicted octanol–water partition coefficient (Wildman–Crippen LogP) is 3.71. The first-order valence-electron chi connectivity index (χ1n) is 8.10. The molecule has 3 heterocycles. The van der Waals surface area contributed by atoms with Crippen LogP contribution in [0.15, 0.2) is 48.7 Å². The number of hydrogen-bond donors (Lipinski definition) is 0. The van der Waals surface area contributed by atoms with Crippen molar-refractivity contribution in [1.29, 1.82) is 0 Å². The first kappa shape index (κ1) is 16.1. The zero-order valence-electron chi connectivity index (χ0n) is 13.7. The van der Waals surface area contributed by atoms with Crippen LogP contribution in [-0.2, 0) is 4.74 Å². The van der Waals surface area contributed by atoms with Crippen LogP contribution in [0.25, 0.3) is 10.7 Å². The Bertz CT molecular complexity index is 840. The van der Waals surface area contributed by atoms with Crippen molar-refractivity contribution in [2.45, 2.75) is 19.1 Å². The third-order valence-electron chi connectivity index (χ3n) is 4.07. The van der Waals surface area contributed by atoms with E-state index in [9.17, 15) is 4.39 Å². The average Bonchev–Trinajstić information content (AvgIpc) is 3.13. The Labute approximate surface area is 149 Å². The Kier molecular flexibility index (Phi) is 4.42. The SMILES string of the molecule is CC1CN(c2nnc(-c3ccccn3)s2)CC(c2ccc(F)cc2)O1. The monoisotopic (exact) mass is 356 g/mol. The van der Waals surface area contributed by atoms with Gasteiger partial charge in [0.25, 0.3) is 0 Å². The van der Waals surface area contributed by atoms with Crippen LogP contribution in [0.4, 0.5) is 9.52 Å². The summed E-state index contributed by atoms with van der Waals surface area (Å²) in [5.41, 5.74) is 1.79. The Balaban J connectivity index is 1.56. The molecule has 0 N–H and O–H groups in total. The highest BCUT2D eigenvalue weighted by atomic mass is 32.1. The van der Waals surface area contributed by atoms with E-state index in [0.29, 0.717) is 6.54 Å². The first-order valence-corrected chi connectivity index (χ1v) is 8.91. The molecule has 2 unspecified atom stereocenters. The molecule has 1 aromatic carbocycles. The molecule has 25 heavy (non-hydrogen) atoms. The van der Waals surface area contributed by atoms with E-state index in [-0.39, 0.29) is 18.0 Å². The summed E-state index contributed by atoms with van der Waals surface area (Å²) in [6, 6.07) is 12.2. The molecule has 4 rings (SSSR count). The number of pyridine rings is 1. The van der Waals surface area contributed by atoms with Gasteiger partial charge < -0.3 is 9.64 Å². The molecule has 1 fully saturated rings. The molecule has 0 spiro atoms. The molecule has 7 heteroatoms. The minimum absolute atomic E-state index is 0.0472. The fraction of sp³-hybridized carbons (Fsp3) is 0.278. The zero-order valence-corrected chi connectivity index (χ0v) is 14.5. The van der Waals surface area contributed by atoms with E-state index in [1.54, 1.807) is 18.3 Å². The zero-order chi connectivity index (χ0) is 17.2. The van der Waals surface area contributed by atoms with Crippen LogP contribution in [0.5, 0.6) is 0 Å². The summed E-state index contributed by atoms with van der Waals surface area (Å²) in [4.78, 5) is 6.50. The molecular weight excluding hydrogens is 339 g/mol. The topological polar surface area (TPSA) is 51.1 Å². The van der Waals surface area contributed by atoms with Gasteiger partial charge in [-0.25, -0.2) is 4.39 Å². The Hall–Kier alpha value is -2.38. The normalized spacial score (nSPS) is 20.6. The number of halogens is 1. The van der Waals surface area contributed by atoms with E-state index in [0.717, 1.165) is 27.9 Å². The molecule has 1 aliphatic heterocycles. The van der Waals surface area contributed by atoms with Crippen LogP contribution < -0.4 is 4.90 Å². The Morgan fingerprint density at radius 2 is 1.96 bits per heavy atom. The maximum atomic E-state index is 13.2. The van der Waals surface area contributed by atoms with Gasteiger partial charge in [-0.15, -0.1) is 10.2 Å². The Morgan fingerprint density at radius 1 is 1.12 bits per heavy atom. The molecule has 2 atom stereocenters. The molecule has 2 aromatic heterocycles. The number of rotatable bonds is 3. The average molecular weight is 356 g/mol. The van der Waals surface area contributed by atoms with Crippen molar-refractivity contribution in [3.63, 3.8) is 0 Å². The molecule has 0 amide bonds. The van der Waals surface area contributed by atoms with E-state index in [2.05, 4.69) is 20.1 Å². The van der Waals surface area contributed by atoms with E-state index in [4.69, 9.17) is 4.74 Å². The van der Waals surface area contributed by atoms with Crippen molar-refractivity contribution in [3.05, 3.63) is 60.0 Å². The van der Waals surface area contributed by atoms with Crippen molar-refractivity contribution >= 4 is 16.5 Å². The van der Waals surface area contributed by atoms with Gasteiger partial charge in [0.1, 0.15) is 17.6 Å². The summed E-state index contributed by atoms with van der Waals surface area (Å²) in [7, 11) is 0. The maximum Gasteiger partial charge on any atom is 0.208 e. The molecule has 5 nitrogen and oxygen atoms in total. The van der Waals surface area contributed by atoms with Crippen molar-refractivity contribution < 1.29 is 9.13 Å². The lowest BCUT2D eigenvalue weighted by atomic mass is 10.1. The van der Waals surface area contributed by atoms with Gasteiger partial charge in [0.05, 0.1) is 12.6 Å². The molecule has 0 bridgehead atoms. The molecule has 3 aromatic rings. The molecule has 0 radical (unpaired) electrons. The van der Waals surface area contributed by atoms with Crippen LogP contribution in [0.3, 0.4) is 0 Å². The van der Waals surface area contributed by atoms with Gasteiger partial charge >= 0.3 is 0 Å². The van der Waals surface area contributed by atoms with Crippen LogP contribution in [0.2, 0.25) is 0 Å². The van der Waals surface area contributed by atoms with Crippen LogP contribution in [-0.4, -0.2) is 34.4 Å². The van der Waals surface area contributed by atoms with E-state index in [1.807, 2.05) is 25.1 Å². The predicted molar refractivity (Wildman–Crippen MR) is 95.0 cm³/mol. The van der Waals surface area contributed by atoms with Gasteiger partial charge in [0.15, 0.2) is 5.01 Å². The number of aromatic nitrogens is 3. The quantitative estimate of drug-likeness (QED) is 0.716. The molecule has 0 aliphatic carbocycles. The standard InChI is InChI=1S/C18H17FN4OS/c1-12-10-23(11-16(24-12)13-5-7-14(19)8-6-13)18-22-21-17(25-18)15-4-2-3-9-20-15/h2-9,12,16H,10-11H2,1H3. The van der Waals surface area contributed by atoms with Crippen molar-refractivity contribution in [3.8, 4) is 10.7 Å². The van der Waals surface area contributed by atoms with Crippen molar-refractivity contribution in [1.82, 2.24) is 15.2 Å². The van der Waals surface area contributed by atoms with Crippen LogP contribution in [0.1, 0.15) is 18.6 Å². The number of nitrogens with zero attached hydrogens (tertiary/aromatic N) is 4. The molecular formula is C18H17FN4OS. The minimum atomic E-state index is -0.242. The molecule has 0 saturated carbocycles. The van der Waals surface area contributed by atoms with E-state index in [1.165, 1.54) is 23.5 Å². The highest BCUT2D eigenvalue weighted by Gasteiger charge is 2.28. The van der Waals surface area contributed by atoms with Crippen molar-refractivity contribution in [2.24, 2.45) is 0 Å². The van der Waals surface area contributed by atoms with Gasteiger partial charge in [-0.3, -0.25) is 4.98 Å². The number of benzene rings is 1. The highest BCUT2D eigenvalue weighted by molar-refractivity contribution is 7.18. The van der Waals surface area contributed by atoms with Gasteiger partial charge in [0.2, 0.25) is 5.13 Å². The van der Waals surface area contributed by atoms with Gasteiger partial charge in [-0.2, -0.15) is 0 Å². The molecule has 128 valence electrons. The summed E-state index contributed by atoms with van der Waals surface area (Å²) in [6.45, 7) is 3.44. The third-order valence-corrected chi connectivity index (χ3v) is 5.08. The largest absolute Gasteiger partial charge is 0.367 e. The molecule has 1 saturated heterocycles. The van der Waals surface area contributed by atoms with Gasteiger partial charge in [0, 0.05) is 12.7 Å². The lowest BCUT2D eigenvalue weighted by Crippen LogP contribution is -2.42. The lowest BCUT2D eigenvalue weighted by molar-refractivity contribution is -0.0174.